The van der Waals surface area contributed by atoms with E-state index in [1.165, 1.54) is 0 Å². The first-order valence-electron chi connectivity index (χ1n) is 9.82. The molecule has 3 aromatic heterocycles. The van der Waals surface area contributed by atoms with E-state index in [2.05, 4.69) is 21.2 Å². The molecule has 0 saturated carbocycles. The van der Waals surface area contributed by atoms with Gasteiger partial charge < -0.3 is 14.1 Å². The summed E-state index contributed by atoms with van der Waals surface area (Å²) in [5, 5.41) is 9.14. The number of hydrogen-bond acceptors (Lipinski definition) is 6. The molecule has 1 aliphatic heterocycles. The summed E-state index contributed by atoms with van der Waals surface area (Å²) in [5.74, 6) is 1.52. The SMILES string of the molecule is c1ccc2c(c1)oc1c(N3CCCOCC3)nc(-c3ccc4[nH]ncc4c3)nc12. The van der Waals surface area contributed by atoms with E-state index >= 15 is 0 Å². The van der Waals surface area contributed by atoms with E-state index in [4.69, 9.17) is 19.1 Å². The highest BCUT2D eigenvalue weighted by atomic mass is 16.5. The Balaban J connectivity index is 1.61. The number of anilines is 1. The first-order chi connectivity index (χ1) is 14.4. The highest BCUT2D eigenvalue weighted by Gasteiger charge is 2.22. The Bertz CT molecular complexity index is 1330. The molecule has 6 rings (SSSR count). The summed E-state index contributed by atoms with van der Waals surface area (Å²) in [7, 11) is 0. The Kier molecular flexibility index (Phi) is 3.73. The van der Waals surface area contributed by atoms with Crippen LogP contribution in [0.25, 0.3) is 44.4 Å². The molecule has 0 unspecified atom stereocenters. The van der Waals surface area contributed by atoms with Crippen molar-refractivity contribution < 1.29 is 9.15 Å². The van der Waals surface area contributed by atoms with Gasteiger partial charge in [-0.05, 0) is 36.8 Å². The highest BCUT2D eigenvalue weighted by molar-refractivity contribution is 6.06. The maximum Gasteiger partial charge on any atom is 0.196 e. The summed E-state index contributed by atoms with van der Waals surface area (Å²) in [6.45, 7) is 3.11. The summed E-state index contributed by atoms with van der Waals surface area (Å²) >= 11 is 0. The number of para-hydroxylation sites is 1. The first kappa shape index (κ1) is 16.5. The lowest BCUT2D eigenvalue weighted by atomic mass is 10.1. The number of ether oxygens (including phenoxy) is 1. The molecule has 1 fully saturated rings. The molecule has 1 aliphatic rings. The normalized spacial score (nSPS) is 15.4. The van der Waals surface area contributed by atoms with Crippen molar-refractivity contribution in [3.63, 3.8) is 0 Å². The van der Waals surface area contributed by atoms with Crippen LogP contribution in [0.2, 0.25) is 0 Å². The van der Waals surface area contributed by atoms with Crippen LogP contribution < -0.4 is 4.90 Å². The Labute approximate surface area is 166 Å². The Morgan fingerprint density at radius 3 is 2.97 bits per heavy atom. The lowest BCUT2D eigenvalue weighted by Gasteiger charge is -2.21. The van der Waals surface area contributed by atoms with Crippen molar-refractivity contribution in [3.05, 3.63) is 48.7 Å². The first-order valence-corrected chi connectivity index (χ1v) is 9.82. The van der Waals surface area contributed by atoms with E-state index in [0.29, 0.717) is 12.4 Å². The third-order valence-electron chi connectivity index (χ3n) is 5.42. The minimum absolute atomic E-state index is 0.683. The van der Waals surface area contributed by atoms with E-state index < -0.39 is 0 Å². The van der Waals surface area contributed by atoms with Crippen LogP contribution in [-0.4, -0.2) is 46.5 Å². The molecule has 0 atom stereocenters. The van der Waals surface area contributed by atoms with Crippen molar-refractivity contribution in [1.29, 1.82) is 0 Å². The second kappa shape index (κ2) is 6.56. The van der Waals surface area contributed by atoms with Crippen LogP contribution in [0.5, 0.6) is 0 Å². The van der Waals surface area contributed by atoms with E-state index in [9.17, 15) is 0 Å². The van der Waals surface area contributed by atoms with E-state index in [0.717, 1.165) is 70.5 Å². The van der Waals surface area contributed by atoms with Crippen molar-refractivity contribution in [1.82, 2.24) is 20.2 Å². The van der Waals surface area contributed by atoms with E-state index in [1.807, 2.05) is 42.6 Å². The molecule has 1 N–H and O–H groups in total. The topological polar surface area (TPSA) is 80.1 Å². The number of aromatic amines is 1. The Hall–Kier alpha value is -3.45. The van der Waals surface area contributed by atoms with Crippen LogP contribution in [0.1, 0.15) is 6.42 Å². The second-order valence-electron chi connectivity index (χ2n) is 7.27. The zero-order chi connectivity index (χ0) is 19.2. The van der Waals surface area contributed by atoms with Crippen molar-refractivity contribution >= 4 is 38.8 Å². The summed E-state index contributed by atoms with van der Waals surface area (Å²) < 4.78 is 11.8. The molecule has 0 amide bonds. The van der Waals surface area contributed by atoms with Gasteiger partial charge >= 0.3 is 0 Å². The smallest absolute Gasteiger partial charge is 0.196 e. The molecule has 0 bridgehead atoms. The third-order valence-corrected chi connectivity index (χ3v) is 5.42. The molecule has 1 saturated heterocycles. The van der Waals surface area contributed by atoms with Crippen molar-refractivity contribution in [2.45, 2.75) is 6.42 Å². The lowest BCUT2D eigenvalue weighted by Crippen LogP contribution is -2.27. The standard InChI is InChI=1S/C22H19N5O2/c1-2-5-18-16(4-1)19-20(29-18)22(27-8-3-10-28-11-9-27)25-21(24-19)14-6-7-17-15(12-14)13-23-26-17/h1-2,4-7,12-13H,3,8-11H2,(H,23,26). The number of furan rings is 1. The van der Waals surface area contributed by atoms with Crippen LogP contribution in [0, 0.1) is 0 Å². The number of benzene rings is 2. The Morgan fingerprint density at radius 2 is 1.97 bits per heavy atom. The number of aromatic nitrogens is 4. The summed E-state index contributed by atoms with van der Waals surface area (Å²) in [6, 6.07) is 14.1. The fourth-order valence-corrected chi connectivity index (χ4v) is 3.96. The molecule has 0 radical (unpaired) electrons. The van der Waals surface area contributed by atoms with Gasteiger partial charge in [0.05, 0.1) is 18.3 Å². The average molecular weight is 385 g/mol. The number of hydrogen-bond donors (Lipinski definition) is 1. The minimum atomic E-state index is 0.683. The number of nitrogens with one attached hydrogen (secondary N) is 1. The van der Waals surface area contributed by atoms with Gasteiger partial charge in [-0.15, -0.1) is 0 Å². The largest absolute Gasteiger partial charge is 0.450 e. The van der Waals surface area contributed by atoms with Gasteiger partial charge in [0.25, 0.3) is 0 Å². The fourth-order valence-electron chi connectivity index (χ4n) is 3.96. The monoisotopic (exact) mass is 385 g/mol. The zero-order valence-corrected chi connectivity index (χ0v) is 15.8. The molecule has 4 heterocycles. The van der Waals surface area contributed by atoms with Gasteiger partial charge in [0, 0.05) is 36.0 Å². The van der Waals surface area contributed by atoms with Crippen molar-refractivity contribution in [2.75, 3.05) is 31.2 Å². The minimum Gasteiger partial charge on any atom is -0.450 e. The fraction of sp³-hybridized carbons (Fsp3) is 0.227. The van der Waals surface area contributed by atoms with Crippen molar-refractivity contribution in [3.8, 4) is 11.4 Å². The number of nitrogens with zero attached hydrogens (tertiary/aromatic N) is 4. The van der Waals surface area contributed by atoms with Gasteiger partial charge in [-0.1, -0.05) is 12.1 Å². The molecular weight excluding hydrogens is 366 g/mol. The van der Waals surface area contributed by atoms with Crippen LogP contribution in [0.15, 0.2) is 53.1 Å². The summed E-state index contributed by atoms with van der Waals surface area (Å²) in [5.41, 5.74) is 4.36. The summed E-state index contributed by atoms with van der Waals surface area (Å²) in [4.78, 5) is 12.1. The Morgan fingerprint density at radius 1 is 1.00 bits per heavy atom. The number of H-pyrrole nitrogens is 1. The van der Waals surface area contributed by atoms with Gasteiger partial charge in [0.1, 0.15) is 11.1 Å². The molecule has 7 heteroatoms. The van der Waals surface area contributed by atoms with E-state index in [1.54, 1.807) is 0 Å². The van der Waals surface area contributed by atoms with Crippen LogP contribution in [0.3, 0.4) is 0 Å². The molecule has 2 aromatic carbocycles. The number of rotatable bonds is 2. The maximum absolute atomic E-state index is 6.20. The predicted octanol–water partition coefficient (Wildman–Crippen LogP) is 4.15. The quantitative estimate of drug-likeness (QED) is 0.492. The highest BCUT2D eigenvalue weighted by Crippen LogP contribution is 2.35. The second-order valence-corrected chi connectivity index (χ2v) is 7.27. The zero-order valence-electron chi connectivity index (χ0n) is 15.8. The van der Waals surface area contributed by atoms with Gasteiger partial charge in [0.15, 0.2) is 17.2 Å². The molecule has 0 aliphatic carbocycles. The van der Waals surface area contributed by atoms with Gasteiger partial charge in [-0.3, -0.25) is 5.10 Å². The van der Waals surface area contributed by atoms with Crippen LogP contribution in [-0.2, 0) is 4.74 Å². The van der Waals surface area contributed by atoms with Gasteiger partial charge in [-0.2, -0.15) is 5.10 Å². The molecule has 0 spiro atoms. The van der Waals surface area contributed by atoms with Gasteiger partial charge in [0.2, 0.25) is 0 Å². The molecule has 5 aromatic rings. The van der Waals surface area contributed by atoms with Crippen LogP contribution in [0.4, 0.5) is 5.82 Å². The number of fused-ring (bicyclic) bond motifs is 4. The molecule has 7 nitrogen and oxygen atoms in total. The van der Waals surface area contributed by atoms with Crippen LogP contribution >= 0.6 is 0 Å². The lowest BCUT2D eigenvalue weighted by molar-refractivity contribution is 0.152. The maximum atomic E-state index is 6.20. The molecule has 144 valence electrons. The van der Waals surface area contributed by atoms with Crippen molar-refractivity contribution in [2.24, 2.45) is 0 Å². The molecule has 29 heavy (non-hydrogen) atoms. The van der Waals surface area contributed by atoms with Gasteiger partial charge in [-0.25, -0.2) is 9.97 Å². The third kappa shape index (κ3) is 2.74. The molecular formula is C22H19N5O2. The van der Waals surface area contributed by atoms with E-state index in [-0.39, 0.29) is 0 Å². The average Bonchev–Trinajstić information content (AvgIpc) is 3.28. The summed E-state index contributed by atoms with van der Waals surface area (Å²) in [6.07, 6.45) is 2.78. The predicted molar refractivity (Wildman–Crippen MR) is 112 cm³/mol.